The number of carbonyl (C=O) groups is 1. The van der Waals surface area contributed by atoms with Gasteiger partial charge in [0.1, 0.15) is 5.56 Å². The molecule has 0 bridgehead atoms. The largest absolute Gasteiger partial charge is 0.493 e. The number of aromatic nitrogens is 4. The molecule has 2 aromatic heterocycles. The van der Waals surface area contributed by atoms with Gasteiger partial charge in [-0.2, -0.15) is 5.10 Å². The van der Waals surface area contributed by atoms with Gasteiger partial charge in [-0.1, -0.05) is 0 Å². The number of hydrogen-bond donors (Lipinski definition) is 1. The van der Waals surface area contributed by atoms with Gasteiger partial charge in [0, 0.05) is 31.1 Å². The first-order valence-corrected chi connectivity index (χ1v) is 8.71. The summed E-state index contributed by atoms with van der Waals surface area (Å²) in [7, 11) is 2.69. The molecule has 12 nitrogen and oxygen atoms in total. The van der Waals surface area contributed by atoms with Crippen molar-refractivity contribution in [1.82, 2.24) is 24.9 Å². The van der Waals surface area contributed by atoms with E-state index in [0.29, 0.717) is 5.82 Å². The molecule has 0 atom stereocenters. The highest BCUT2D eigenvalue weighted by molar-refractivity contribution is 5.99. The predicted octanol–water partition coefficient (Wildman–Crippen LogP) is 0.784. The molecule has 0 fully saturated rings. The maximum atomic E-state index is 12.5. The van der Waals surface area contributed by atoms with E-state index in [4.69, 9.17) is 9.47 Å². The van der Waals surface area contributed by atoms with E-state index in [9.17, 15) is 19.7 Å². The number of ether oxygens (including phenoxy) is 2. The molecule has 12 heteroatoms. The summed E-state index contributed by atoms with van der Waals surface area (Å²) in [5.41, 5.74) is -0.985. The van der Waals surface area contributed by atoms with Gasteiger partial charge >= 0.3 is 0 Å². The lowest BCUT2D eigenvalue weighted by molar-refractivity contribution is -0.385. The van der Waals surface area contributed by atoms with Crippen molar-refractivity contribution in [2.75, 3.05) is 20.8 Å². The van der Waals surface area contributed by atoms with E-state index in [0.717, 1.165) is 6.07 Å². The number of benzene rings is 1. The van der Waals surface area contributed by atoms with Crippen molar-refractivity contribution in [3.8, 4) is 17.3 Å². The third-order valence-electron chi connectivity index (χ3n) is 4.14. The molecule has 3 aromatic rings. The second-order valence-corrected chi connectivity index (χ2v) is 5.94. The Bertz CT molecular complexity index is 1120. The number of nitro groups is 1. The van der Waals surface area contributed by atoms with E-state index in [-0.39, 0.29) is 35.7 Å². The molecule has 0 saturated carbocycles. The lowest BCUT2D eigenvalue weighted by Gasteiger charge is -2.11. The van der Waals surface area contributed by atoms with Crippen molar-refractivity contribution in [1.29, 1.82) is 0 Å². The van der Waals surface area contributed by atoms with Crippen LogP contribution in [0, 0.1) is 10.1 Å². The molecule has 0 unspecified atom stereocenters. The Hall–Kier alpha value is -4.22. The van der Waals surface area contributed by atoms with Crippen LogP contribution >= 0.6 is 0 Å². The van der Waals surface area contributed by atoms with Gasteiger partial charge in [-0.05, 0) is 12.1 Å². The summed E-state index contributed by atoms with van der Waals surface area (Å²) in [5, 5.41) is 22.1. The summed E-state index contributed by atoms with van der Waals surface area (Å²) < 4.78 is 12.8. The Kier molecular flexibility index (Phi) is 6.05. The average Bonchev–Trinajstić information content (AvgIpc) is 3.28. The molecular formula is C18H18N6O6. The van der Waals surface area contributed by atoms with E-state index < -0.39 is 16.5 Å². The molecule has 0 spiro atoms. The number of hydrogen-bond acceptors (Lipinski definition) is 8. The molecule has 156 valence electrons. The Labute approximate surface area is 169 Å². The minimum atomic E-state index is -0.695. The number of nitro benzene ring substituents is 1. The lowest BCUT2D eigenvalue weighted by Crippen LogP contribution is -2.32. The molecule has 1 amide bonds. The SMILES string of the molecule is COc1cc(C(=O)NCCn2nc(-n3cccn3)ccc2=O)c([N+](=O)[O-])cc1OC. The predicted molar refractivity (Wildman–Crippen MR) is 104 cm³/mol. The topological polar surface area (TPSA) is 143 Å². The number of nitrogens with one attached hydrogen (secondary N) is 1. The quantitative estimate of drug-likeness (QED) is 0.421. The van der Waals surface area contributed by atoms with Crippen LogP contribution in [0.2, 0.25) is 0 Å². The van der Waals surface area contributed by atoms with Gasteiger partial charge in [-0.25, -0.2) is 9.36 Å². The van der Waals surface area contributed by atoms with Crippen LogP contribution in [0.15, 0.2) is 47.5 Å². The summed E-state index contributed by atoms with van der Waals surface area (Å²) in [5.74, 6) is 0.0467. The van der Waals surface area contributed by atoms with E-state index in [2.05, 4.69) is 15.5 Å². The molecule has 0 aliphatic heterocycles. The maximum absolute atomic E-state index is 12.5. The van der Waals surface area contributed by atoms with Gasteiger partial charge in [-0.3, -0.25) is 19.7 Å². The molecule has 0 aliphatic carbocycles. The normalized spacial score (nSPS) is 10.5. The molecule has 1 aromatic carbocycles. The summed E-state index contributed by atoms with van der Waals surface area (Å²) in [6.45, 7) is 0.0700. The van der Waals surface area contributed by atoms with Crippen LogP contribution < -0.4 is 20.3 Å². The van der Waals surface area contributed by atoms with Gasteiger partial charge in [0.15, 0.2) is 17.3 Å². The fourth-order valence-electron chi connectivity index (χ4n) is 2.70. The molecule has 2 heterocycles. The first kappa shape index (κ1) is 20.5. The van der Waals surface area contributed by atoms with Crippen LogP contribution in [0.4, 0.5) is 5.69 Å². The molecular weight excluding hydrogens is 396 g/mol. The molecule has 0 saturated heterocycles. The maximum Gasteiger partial charge on any atom is 0.286 e. The zero-order chi connectivity index (χ0) is 21.7. The number of amides is 1. The number of methoxy groups -OCH3 is 2. The van der Waals surface area contributed by atoms with Crippen molar-refractivity contribution in [3.63, 3.8) is 0 Å². The first-order valence-electron chi connectivity index (χ1n) is 8.71. The Morgan fingerprint density at radius 1 is 1.23 bits per heavy atom. The number of rotatable bonds is 8. The molecule has 30 heavy (non-hydrogen) atoms. The van der Waals surface area contributed by atoms with Gasteiger partial charge in [-0.15, -0.1) is 5.10 Å². The highest BCUT2D eigenvalue weighted by Crippen LogP contribution is 2.34. The van der Waals surface area contributed by atoms with E-state index >= 15 is 0 Å². The summed E-state index contributed by atoms with van der Waals surface area (Å²) in [6.07, 6.45) is 3.25. The van der Waals surface area contributed by atoms with Gasteiger partial charge in [0.05, 0.1) is 31.8 Å². The highest BCUT2D eigenvalue weighted by Gasteiger charge is 2.24. The minimum Gasteiger partial charge on any atom is -0.493 e. The van der Waals surface area contributed by atoms with Crippen LogP contribution in [0.5, 0.6) is 11.5 Å². The van der Waals surface area contributed by atoms with E-state index in [1.165, 1.54) is 41.8 Å². The van der Waals surface area contributed by atoms with Crippen LogP contribution in [0.25, 0.3) is 5.82 Å². The summed E-state index contributed by atoms with van der Waals surface area (Å²) in [6, 6.07) is 6.93. The van der Waals surface area contributed by atoms with Crippen LogP contribution in [0.3, 0.4) is 0 Å². The summed E-state index contributed by atoms with van der Waals surface area (Å²) >= 11 is 0. The van der Waals surface area contributed by atoms with E-state index in [1.807, 2.05) is 0 Å². The standard InChI is InChI=1S/C18H18N6O6/c1-29-14-10-12(13(24(27)28)11-15(14)30-2)18(26)19-7-9-23-17(25)5-4-16(21-23)22-8-3-6-20-22/h3-6,8,10-11H,7,9H2,1-2H3,(H,19,26). The average molecular weight is 414 g/mol. The highest BCUT2D eigenvalue weighted by atomic mass is 16.6. The lowest BCUT2D eigenvalue weighted by atomic mass is 10.1. The number of nitrogens with zero attached hydrogens (tertiary/aromatic N) is 5. The zero-order valence-corrected chi connectivity index (χ0v) is 16.1. The Morgan fingerprint density at radius 3 is 2.60 bits per heavy atom. The third-order valence-corrected chi connectivity index (χ3v) is 4.14. The van der Waals surface area contributed by atoms with Gasteiger partial charge < -0.3 is 14.8 Å². The fraction of sp³-hybridized carbons (Fsp3) is 0.222. The van der Waals surface area contributed by atoms with Gasteiger partial charge in [0.2, 0.25) is 0 Å². The number of carbonyl (C=O) groups excluding carboxylic acids is 1. The molecule has 0 aliphatic rings. The van der Waals surface area contributed by atoms with Crippen molar-refractivity contribution in [2.45, 2.75) is 6.54 Å². The van der Waals surface area contributed by atoms with Gasteiger partial charge in [0.25, 0.3) is 17.2 Å². The van der Waals surface area contributed by atoms with Crippen LogP contribution in [0.1, 0.15) is 10.4 Å². The molecule has 3 rings (SSSR count). The van der Waals surface area contributed by atoms with Crippen molar-refractivity contribution in [3.05, 3.63) is 68.8 Å². The Balaban J connectivity index is 1.76. The fourth-order valence-corrected chi connectivity index (χ4v) is 2.70. The second kappa shape index (κ2) is 8.86. The van der Waals surface area contributed by atoms with Crippen molar-refractivity contribution < 1.29 is 19.2 Å². The monoisotopic (exact) mass is 414 g/mol. The van der Waals surface area contributed by atoms with Crippen LogP contribution in [-0.2, 0) is 6.54 Å². The molecule has 0 radical (unpaired) electrons. The zero-order valence-electron chi connectivity index (χ0n) is 16.1. The second-order valence-electron chi connectivity index (χ2n) is 5.94. The van der Waals surface area contributed by atoms with Crippen LogP contribution in [-0.4, -0.2) is 51.2 Å². The van der Waals surface area contributed by atoms with Crippen molar-refractivity contribution >= 4 is 11.6 Å². The summed E-state index contributed by atoms with van der Waals surface area (Å²) in [4.78, 5) is 35.2. The molecule has 1 N–H and O–H groups in total. The van der Waals surface area contributed by atoms with E-state index in [1.54, 1.807) is 18.5 Å². The Morgan fingerprint density at radius 2 is 1.97 bits per heavy atom. The first-order chi connectivity index (χ1) is 14.4. The third kappa shape index (κ3) is 4.27. The minimum absolute atomic E-state index is 0.0137. The van der Waals surface area contributed by atoms with Crippen molar-refractivity contribution in [2.24, 2.45) is 0 Å². The smallest absolute Gasteiger partial charge is 0.286 e.